The number of fused-ring (bicyclic) bond motifs is 4. The van der Waals surface area contributed by atoms with Crippen LogP contribution in [0, 0.1) is 5.92 Å². The molecule has 3 aliphatic heterocycles. The van der Waals surface area contributed by atoms with Crippen molar-refractivity contribution in [2.24, 2.45) is 5.92 Å². The molecule has 0 radical (unpaired) electrons. The molecule has 0 N–H and O–H groups in total. The zero-order chi connectivity index (χ0) is 6.72. The third-order valence-corrected chi connectivity index (χ3v) is 2.67. The van der Waals surface area contributed by atoms with Crippen LogP contribution in [0.4, 0.5) is 0 Å². The highest BCUT2D eigenvalue weighted by molar-refractivity contribution is 5.01. The van der Waals surface area contributed by atoms with E-state index in [4.69, 9.17) is 14.2 Å². The van der Waals surface area contributed by atoms with Gasteiger partial charge in [-0.1, -0.05) is 6.92 Å². The van der Waals surface area contributed by atoms with Gasteiger partial charge in [0.05, 0.1) is 18.8 Å². The second kappa shape index (κ2) is 1.55. The van der Waals surface area contributed by atoms with E-state index in [-0.39, 0.29) is 12.4 Å². The van der Waals surface area contributed by atoms with Gasteiger partial charge in [0, 0.05) is 5.92 Å². The van der Waals surface area contributed by atoms with Crippen LogP contribution in [0.3, 0.4) is 0 Å². The lowest BCUT2D eigenvalue weighted by molar-refractivity contribution is -0.0870. The Kier molecular flexibility index (Phi) is 0.854. The fourth-order valence-electron chi connectivity index (χ4n) is 1.88. The first kappa shape index (κ1) is 5.52. The number of hydrogen-bond donors (Lipinski definition) is 0. The van der Waals surface area contributed by atoms with Gasteiger partial charge in [-0.2, -0.15) is 0 Å². The SMILES string of the molecule is C[C@H]1C2CO[C@@H](O2)C2O[C@@H]21. The topological polar surface area (TPSA) is 31.0 Å². The summed E-state index contributed by atoms with van der Waals surface area (Å²) in [4.78, 5) is 0. The third kappa shape index (κ3) is 0.516. The van der Waals surface area contributed by atoms with Crippen LogP contribution in [-0.4, -0.2) is 31.2 Å². The molecule has 3 heteroatoms. The summed E-state index contributed by atoms with van der Waals surface area (Å²) in [6.07, 6.45) is 0.958. The Hall–Kier alpha value is -0.120. The van der Waals surface area contributed by atoms with E-state index in [9.17, 15) is 0 Å². The molecule has 3 rings (SSSR count). The molecular formula is C7H10O3. The van der Waals surface area contributed by atoms with Gasteiger partial charge in [-0.15, -0.1) is 0 Å². The fourth-order valence-corrected chi connectivity index (χ4v) is 1.88. The van der Waals surface area contributed by atoms with E-state index in [1.807, 2.05) is 0 Å². The summed E-state index contributed by atoms with van der Waals surface area (Å²) in [6.45, 7) is 2.93. The molecule has 2 unspecified atom stereocenters. The normalized spacial score (nSPS) is 63.9. The standard InChI is InChI=1S/C7H10O3/c1-3-4-2-8-7(9-4)6-5(3)10-6/h3-7H,2H2,1H3/t3-,4?,5+,6?,7-/m0/s1. The quantitative estimate of drug-likeness (QED) is 0.451. The van der Waals surface area contributed by atoms with Crippen molar-refractivity contribution in [1.29, 1.82) is 0 Å². The Morgan fingerprint density at radius 2 is 2.10 bits per heavy atom. The summed E-state index contributed by atoms with van der Waals surface area (Å²) >= 11 is 0. The van der Waals surface area contributed by atoms with Crippen molar-refractivity contribution in [3.05, 3.63) is 0 Å². The Balaban J connectivity index is 1.91. The minimum atomic E-state index is -0.0359. The number of ether oxygens (including phenoxy) is 3. The Labute approximate surface area is 59.3 Å². The molecule has 0 aromatic rings. The van der Waals surface area contributed by atoms with Crippen molar-refractivity contribution in [3.8, 4) is 0 Å². The zero-order valence-electron chi connectivity index (χ0n) is 5.82. The molecule has 3 nitrogen and oxygen atoms in total. The van der Waals surface area contributed by atoms with E-state index in [2.05, 4.69) is 6.92 Å². The van der Waals surface area contributed by atoms with E-state index in [0.29, 0.717) is 18.1 Å². The van der Waals surface area contributed by atoms with Gasteiger partial charge in [0.25, 0.3) is 0 Å². The number of epoxide rings is 1. The zero-order valence-corrected chi connectivity index (χ0v) is 5.82. The van der Waals surface area contributed by atoms with Crippen LogP contribution in [0.2, 0.25) is 0 Å². The molecule has 0 aromatic heterocycles. The maximum atomic E-state index is 5.52. The molecular weight excluding hydrogens is 132 g/mol. The van der Waals surface area contributed by atoms with Crippen LogP contribution >= 0.6 is 0 Å². The van der Waals surface area contributed by atoms with Crippen molar-refractivity contribution in [2.45, 2.75) is 31.5 Å². The molecule has 10 heavy (non-hydrogen) atoms. The van der Waals surface area contributed by atoms with Crippen LogP contribution in [0.25, 0.3) is 0 Å². The van der Waals surface area contributed by atoms with E-state index in [1.165, 1.54) is 0 Å². The van der Waals surface area contributed by atoms with Gasteiger partial charge in [-0.05, 0) is 0 Å². The summed E-state index contributed by atoms with van der Waals surface area (Å²) < 4.78 is 16.2. The molecule has 3 aliphatic rings. The van der Waals surface area contributed by atoms with Crippen LogP contribution in [0.5, 0.6) is 0 Å². The van der Waals surface area contributed by atoms with Crippen LogP contribution < -0.4 is 0 Å². The first-order chi connectivity index (χ1) is 4.86. The smallest absolute Gasteiger partial charge is 0.186 e. The maximum Gasteiger partial charge on any atom is 0.186 e. The molecule has 0 aliphatic carbocycles. The van der Waals surface area contributed by atoms with Gasteiger partial charge in [-0.3, -0.25) is 0 Å². The van der Waals surface area contributed by atoms with E-state index >= 15 is 0 Å². The van der Waals surface area contributed by atoms with Gasteiger partial charge < -0.3 is 14.2 Å². The monoisotopic (exact) mass is 142 g/mol. The average molecular weight is 142 g/mol. The van der Waals surface area contributed by atoms with E-state index in [1.54, 1.807) is 0 Å². The van der Waals surface area contributed by atoms with Crippen molar-refractivity contribution in [2.75, 3.05) is 6.61 Å². The summed E-state index contributed by atoms with van der Waals surface area (Å²) in [5, 5.41) is 0. The molecule has 56 valence electrons. The van der Waals surface area contributed by atoms with E-state index < -0.39 is 0 Å². The lowest BCUT2D eigenvalue weighted by Crippen LogP contribution is -2.33. The van der Waals surface area contributed by atoms with Gasteiger partial charge in [-0.25, -0.2) is 0 Å². The minimum absolute atomic E-state index is 0.0359. The predicted octanol–water partition coefficient (Wildman–Crippen LogP) is 0.145. The molecule has 5 atom stereocenters. The van der Waals surface area contributed by atoms with Crippen molar-refractivity contribution >= 4 is 0 Å². The van der Waals surface area contributed by atoms with Crippen LogP contribution in [0.15, 0.2) is 0 Å². The summed E-state index contributed by atoms with van der Waals surface area (Å²) in [5.74, 6) is 0.531. The molecule has 3 fully saturated rings. The molecule has 3 heterocycles. The maximum absolute atomic E-state index is 5.52. The Morgan fingerprint density at radius 1 is 1.20 bits per heavy atom. The number of rotatable bonds is 0. The lowest BCUT2D eigenvalue weighted by Gasteiger charge is -2.19. The lowest BCUT2D eigenvalue weighted by atomic mass is 9.98. The summed E-state index contributed by atoms with van der Waals surface area (Å²) in [7, 11) is 0. The van der Waals surface area contributed by atoms with Gasteiger partial charge in [0.15, 0.2) is 6.29 Å². The number of hydrogen-bond acceptors (Lipinski definition) is 3. The summed E-state index contributed by atoms with van der Waals surface area (Å²) in [5.41, 5.74) is 0. The fraction of sp³-hybridized carbons (Fsp3) is 1.00. The van der Waals surface area contributed by atoms with Gasteiger partial charge in [0.2, 0.25) is 0 Å². The second-order valence-corrected chi connectivity index (χ2v) is 3.30. The molecule has 0 saturated carbocycles. The second-order valence-electron chi connectivity index (χ2n) is 3.30. The molecule has 2 bridgehead atoms. The third-order valence-electron chi connectivity index (χ3n) is 2.67. The molecule has 0 spiro atoms. The van der Waals surface area contributed by atoms with Crippen molar-refractivity contribution in [1.82, 2.24) is 0 Å². The minimum Gasteiger partial charge on any atom is -0.364 e. The molecule has 0 amide bonds. The van der Waals surface area contributed by atoms with Gasteiger partial charge in [0.1, 0.15) is 6.10 Å². The summed E-state index contributed by atoms with van der Waals surface area (Å²) in [6, 6.07) is 0. The molecule has 0 aromatic carbocycles. The largest absolute Gasteiger partial charge is 0.364 e. The van der Waals surface area contributed by atoms with Gasteiger partial charge >= 0.3 is 0 Å². The van der Waals surface area contributed by atoms with Crippen LogP contribution in [-0.2, 0) is 14.2 Å². The first-order valence-electron chi connectivity index (χ1n) is 3.79. The highest BCUT2D eigenvalue weighted by Crippen LogP contribution is 2.44. The highest BCUT2D eigenvalue weighted by atomic mass is 16.8. The Morgan fingerprint density at radius 3 is 3.00 bits per heavy atom. The average Bonchev–Trinajstić information content (AvgIpc) is 2.61. The van der Waals surface area contributed by atoms with Crippen LogP contribution in [0.1, 0.15) is 6.92 Å². The molecule has 3 saturated heterocycles. The van der Waals surface area contributed by atoms with Crippen molar-refractivity contribution < 1.29 is 14.2 Å². The highest BCUT2D eigenvalue weighted by Gasteiger charge is 2.59. The first-order valence-corrected chi connectivity index (χ1v) is 3.79. The van der Waals surface area contributed by atoms with E-state index in [0.717, 1.165) is 6.61 Å². The predicted molar refractivity (Wildman–Crippen MR) is 32.4 cm³/mol. The van der Waals surface area contributed by atoms with Crippen molar-refractivity contribution in [3.63, 3.8) is 0 Å². The Bertz CT molecular complexity index is 168.